The molecule has 1 aromatic heterocycles. The van der Waals surface area contributed by atoms with E-state index in [-0.39, 0.29) is 37.1 Å². The second-order valence-electron chi connectivity index (χ2n) is 6.02. The molecule has 2 rings (SSSR count). The largest absolute Gasteiger partial charge is 0.355 e. The van der Waals surface area contributed by atoms with Gasteiger partial charge in [-0.3, -0.25) is 14.5 Å². The number of aryl methyl sites for hydroxylation is 1. The van der Waals surface area contributed by atoms with E-state index in [1.807, 2.05) is 6.92 Å². The SMILES string of the molecule is CCCc1nnc(N2CC(C(=O)NCCS(=O)(=O)N(C)C)CC2=O)s1. The van der Waals surface area contributed by atoms with Crippen molar-refractivity contribution in [3.63, 3.8) is 0 Å². The number of anilines is 1. The Morgan fingerprint density at radius 3 is 2.76 bits per heavy atom. The van der Waals surface area contributed by atoms with Crippen LogP contribution >= 0.6 is 11.3 Å². The fourth-order valence-corrected chi connectivity index (χ4v) is 4.06. The summed E-state index contributed by atoms with van der Waals surface area (Å²) in [5, 5.41) is 12.1. The molecule has 11 heteroatoms. The molecule has 1 N–H and O–H groups in total. The molecular weight excluding hydrogens is 366 g/mol. The van der Waals surface area contributed by atoms with Crippen molar-refractivity contribution in [2.24, 2.45) is 5.92 Å². The van der Waals surface area contributed by atoms with Gasteiger partial charge in [0, 0.05) is 40.0 Å². The molecule has 0 aromatic carbocycles. The Bertz CT molecular complexity index is 731. The van der Waals surface area contributed by atoms with E-state index in [4.69, 9.17) is 0 Å². The van der Waals surface area contributed by atoms with Gasteiger partial charge in [0.15, 0.2) is 0 Å². The molecule has 1 unspecified atom stereocenters. The number of nitrogens with one attached hydrogen (secondary N) is 1. The van der Waals surface area contributed by atoms with E-state index < -0.39 is 15.9 Å². The van der Waals surface area contributed by atoms with Gasteiger partial charge in [0.05, 0.1) is 11.7 Å². The maximum Gasteiger partial charge on any atom is 0.229 e. The molecule has 1 aliphatic rings. The Kier molecular flexibility index (Phi) is 6.47. The Labute approximate surface area is 151 Å². The second-order valence-corrected chi connectivity index (χ2v) is 9.37. The second kappa shape index (κ2) is 8.19. The molecule has 2 heterocycles. The highest BCUT2D eigenvalue weighted by molar-refractivity contribution is 7.89. The van der Waals surface area contributed by atoms with Crippen molar-refractivity contribution in [1.82, 2.24) is 19.8 Å². The Hall–Kier alpha value is -1.59. The van der Waals surface area contributed by atoms with Gasteiger partial charge in [-0.15, -0.1) is 10.2 Å². The number of sulfonamides is 1. The summed E-state index contributed by atoms with van der Waals surface area (Å²) in [4.78, 5) is 25.8. The monoisotopic (exact) mass is 389 g/mol. The first-order valence-electron chi connectivity index (χ1n) is 8.05. The Balaban J connectivity index is 1.89. The van der Waals surface area contributed by atoms with E-state index in [1.54, 1.807) is 0 Å². The zero-order chi connectivity index (χ0) is 18.6. The lowest BCUT2D eigenvalue weighted by Crippen LogP contribution is -2.37. The molecule has 0 spiro atoms. The van der Waals surface area contributed by atoms with Crippen LogP contribution in [-0.2, 0) is 26.0 Å². The van der Waals surface area contributed by atoms with Gasteiger partial charge in [0.2, 0.25) is 27.0 Å². The fourth-order valence-electron chi connectivity index (χ4n) is 2.37. The molecule has 1 aliphatic heterocycles. The van der Waals surface area contributed by atoms with Crippen LogP contribution in [-0.4, -0.2) is 67.7 Å². The molecule has 1 fully saturated rings. The smallest absolute Gasteiger partial charge is 0.229 e. The van der Waals surface area contributed by atoms with Crippen LogP contribution in [0.2, 0.25) is 0 Å². The minimum atomic E-state index is -3.36. The van der Waals surface area contributed by atoms with Crippen molar-refractivity contribution in [1.29, 1.82) is 0 Å². The highest BCUT2D eigenvalue weighted by atomic mass is 32.2. The zero-order valence-corrected chi connectivity index (χ0v) is 16.2. The van der Waals surface area contributed by atoms with Gasteiger partial charge in [-0.25, -0.2) is 12.7 Å². The van der Waals surface area contributed by atoms with Crippen LogP contribution in [0.5, 0.6) is 0 Å². The van der Waals surface area contributed by atoms with E-state index in [0.717, 1.165) is 22.2 Å². The molecule has 1 aromatic rings. The van der Waals surface area contributed by atoms with Gasteiger partial charge >= 0.3 is 0 Å². The number of hydrogen-bond donors (Lipinski definition) is 1. The summed E-state index contributed by atoms with van der Waals surface area (Å²) >= 11 is 1.36. The number of amides is 2. The predicted octanol–water partition coefficient (Wildman–Crippen LogP) is -0.149. The summed E-state index contributed by atoms with van der Waals surface area (Å²) in [7, 11) is -0.472. The van der Waals surface area contributed by atoms with Crippen molar-refractivity contribution in [3.8, 4) is 0 Å². The molecule has 0 bridgehead atoms. The molecular formula is C14H23N5O4S2. The summed E-state index contributed by atoms with van der Waals surface area (Å²) in [6.07, 6.45) is 1.85. The normalized spacial score (nSPS) is 18.2. The minimum Gasteiger partial charge on any atom is -0.355 e. The van der Waals surface area contributed by atoms with Crippen LogP contribution in [0.15, 0.2) is 0 Å². The van der Waals surface area contributed by atoms with Gasteiger partial charge in [0.25, 0.3) is 0 Å². The molecule has 9 nitrogen and oxygen atoms in total. The van der Waals surface area contributed by atoms with Gasteiger partial charge in [-0.05, 0) is 6.42 Å². The summed E-state index contributed by atoms with van der Waals surface area (Å²) in [6, 6.07) is 0. The molecule has 25 heavy (non-hydrogen) atoms. The molecule has 1 atom stereocenters. The van der Waals surface area contributed by atoms with Gasteiger partial charge in [-0.1, -0.05) is 18.3 Å². The summed E-state index contributed by atoms with van der Waals surface area (Å²) < 4.78 is 24.5. The lowest BCUT2D eigenvalue weighted by atomic mass is 10.1. The van der Waals surface area contributed by atoms with Crippen LogP contribution in [0, 0.1) is 5.92 Å². The number of nitrogens with zero attached hydrogens (tertiary/aromatic N) is 4. The van der Waals surface area contributed by atoms with E-state index in [1.165, 1.54) is 30.3 Å². The quantitative estimate of drug-likeness (QED) is 0.662. The van der Waals surface area contributed by atoms with Crippen molar-refractivity contribution in [3.05, 3.63) is 5.01 Å². The van der Waals surface area contributed by atoms with E-state index in [9.17, 15) is 18.0 Å². The summed E-state index contributed by atoms with van der Waals surface area (Å²) in [5.41, 5.74) is 0. The average molecular weight is 390 g/mol. The highest BCUT2D eigenvalue weighted by Crippen LogP contribution is 2.28. The van der Waals surface area contributed by atoms with E-state index in [0.29, 0.717) is 5.13 Å². The van der Waals surface area contributed by atoms with Gasteiger partial charge in [-0.2, -0.15) is 0 Å². The van der Waals surface area contributed by atoms with Crippen LogP contribution in [0.3, 0.4) is 0 Å². The molecule has 0 saturated carbocycles. The maximum atomic E-state index is 12.2. The molecule has 140 valence electrons. The first kappa shape index (κ1) is 19.7. The summed E-state index contributed by atoms with van der Waals surface area (Å²) in [5.74, 6) is -1.16. The Morgan fingerprint density at radius 2 is 2.12 bits per heavy atom. The van der Waals surface area contributed by atoms with Crippen molar-refractivity contribution >= 4 is 38.3 Å². The lowest BCUT2D eigenvalue weighted by molar-refractivity contribution is -0.126. The minimum absolute atomic E-state index is 0.0174. The van der Waals surface area contributed by atoms with Crippen LogP contribution in [0.1, 0.15) is 24.8 Å². The fraction of sp³-hybridized carbons (Fsp3) is 0.714. The Morgan fingerprint density at radius 1 is 1.40 bits per heavy atom. The molecule has 1 saturated heterocycles. The standard InChI is InChI=1S/C14H23N5O4S2/c1-4-5-11-16-17-14(24-11)19-9-10(8-12(19)20)13(21)15-6-7-25(22,23)18(2)3/h10H,4-9H2,1-3H3,(H,15,21). The van der Waals surface area contributed by atoms with Gasteiger partial charge in [0.1, 0.15) is 5.01 Å². The first-order valence-corrected chi connectivity index (χ1v) is 10.5. The number of carbonyl (C=O) groups is 2. The lowest BCUT2D eigenvalue weighted by Gasteiger charge is -2.14. The van der Waals surface area contributed by atoms with Crippen LogP contribution < -0.4 is 10.2 Å². The number of hydrogen-bond acceptors (Lipinski definition) is 7. The van der Waals surface area contributed by atoms with Crippen LogP contribution in [0.4, 0.5) is 5.13 Å². The summed E-state index contributed by atoms with van der Waals surface area (Å²) in [6.45, 7) is 2.30. The van der Waals surface area contributed by atoms with Crippen molar-refractivity contribution in [2.75, 3.05) is 37.8 Å². The highest BCUT2D eigenvalue weighted by Gasteiger charge is 2.36. The van der Waals surface area contributed by atoms with E-state index in [2.05, 4.69) is 15.5 Å². The van der Waals surface area contributed by atoms with Crippen molar-refractivity contribution in [2.45, 2.75) is 26.2 Å². The van der Waals surface area contributed by atoms with Crippen molar-refractivity contribution < 1.29 is 18.0 Å². The third-order valence-corrected chi connectivity index (χ3v) is 6.70. The number of carbonyl (C=O) groups excluding carboxylic acids is 2. The molecule has 0 aliphatic carbocycles. The third kappa shape index (κ3) is 4.95. The number of aromatic nitrogens is 2. The molecule has 0 radical (unpaired) electrons. The zero-order valence-electron chi connectivity index (χ0n) is 14.6. The third-order valence-electron chi connectivity index (χ3n) is 3.86. The maximum absolute atomic E-state index is 12.2. The first-order chi connectivity index (χ1) is 11.7. The topological polar surface area (TPSA) is 113 Å². The predicted molar refractivity (Wildman–Crippen MR) is 94.8 cm³/mol. The van der Waals surface area contributed by atoms with Gasteiger partial charge < -0.3 is 5.32 Å². The average Bonchev–Trinajstić information content (AvgIpc) is 3.13. The van der Waals surface area contributed by atoms with Crippen LogP contribution in [0.25, 0.3) is 0 Å². The molecule has 2 amide bonds. The van der Waals surface area contributed by atoms with E-state index >= 15 is 0 Å². The number of rotatable bonds is 8.